The summed E-state index contributed by atoms with van der Waals surface area (Å²) in [7, 11) is 3.80. The molecule has 1 aliphatic carbocycles. The molecule has 2 atom stereocenters. The molecule has 1 aromatic carbocycles. The number of benzene rings is 1. The van der Waals surface area contributed by atoms with Crippen molar-refractivity contribution in [3.05, 3.63) is 29.8 Å². The van der Waals surface area contributed by atoms with E-state index in [0.29, 0.717) is 0 Å². The topological polar surface area (TPSA) is 21.3 Å². The summed E-state index contributed by atoms with van der Waals surface area (Å²) in [5, 5.41) is 3.53. The van der Waals surface area contributed by atoms with Crippen molar-refractivity contribution in [1.82, 2.24) is 5.32 Å². The summed E-state index contributed by atoms with van der Waals surface area (Å²) in [6.45, 7) is 4.70. The predicted molar refractivity (Wildman–Crippen MR) is 71.7 cm³/mol. The first kappa shape index (κ1) is 12.4. The molecule has 1 aromatic rings. The first-order chi connectivity index (χ1) is 8.05. The third-order valence-corrected chi connectivity index (χ3v) is 4.83. The highest BCUT2D eigenvalue weighted by Crippen LogP contribution is 2.48. The summed E-state index contributed by atoms with van der Waals surface area (Å²) < 4.78 is 5.34. The smallest absolute Gasteiger partial charge is 0.119 e. The van der Waals surface area contributed by atoms with E-state index in [1.165, 1.54) is 24.8 Å². The van der Waals surface area contributed by atoms with Gasteiger partial charge in [-0.05, 0) is 44.5 Å². The lowest BCUT2D eigenvalue weighted by atomic mass is 9.69. The van der Waals surface area contributed by atoms with E-state index in [1.54, 1.807) is 7.11 Å². The third-order valence-electron chi connectivity index (χ3n) is 4.83. The van der Waals surface area contributed by atoms with Crippen molar-refractivity contribution in [2.24, 2.45) is 0 Å². The van der Waals surface area contributed by atoms with E-state index in [2.05, 4.69) is 44.4 Å². The number of likely N-dealkylation sites (N-methyl/N-ethyl adjacent to an activating group) is 1. The molecule has 2 rings (SSSR count). The van der Waals surface area contributed by atoms with E-state index < -0.39 is 0 Å². The Bertz CT molecular complexity index is 404. The van der Waals surface area contributed by atoms with Crippen LogP contribution in [0.4, 0.5) is 0 Å². The Morgan fingerprint density at radius 3 is 2.65 bits per heavy atom. The van der Waals surface area contributed by atoms with Crippen LogP contribution >= 0.6 is 0 Å². The predicted octanol–water partition coefficient (Wildman–Crippen LogP) is 3.11. The van der Waals surface area contributed by atoms with Gasteiger partial charge >= 0.3 is 0 Å². The van der Waals surface area contributed by atoms with Gasteiger partial charge in [0.1, 0.15) is 5.75 Å². The Kier molecular flexibility index (Phi) is 3.17. The Labute approximate surface area is 104 Å². The molecule has 0 saturated heterocycles. The second-order valence-electron chi connectivity index (χ2n) is 5.50. The molecule has 2 nitrogen and oxygen atoms in total. The van der Waals surface area contributed by atoms with E-state index in [0.717, 1.165) is 5.75 Å². The third kappa shape index (κ3) is 1.85. The molecule has 0 radical (unpaired) electrons. The zero-order chi connectivity index (χ0) is 12.5. The second kappa shape index (κ2) is 4.34. The van der Waals surface area contributed by atoms with Crippen LogP contribution in [0.1, 0.15) is 38.7 Å². The Hall–Kier alpha value is -1.02. The van der Waals surface area contributed by atoms with Gasteiger partial charge in [0.15, 0.2) is 0 Å². The molecule has 1 fully saturated rings. The van der Waals surface area contributed by atoms with Gasteiger partial charge in [0, 0.05) is 11.0 Å². The number of methoxy groups -OCH3 is 1. The minimum absolute atomic E-state index is 0.180. The van der Waals surface area contributed by atoms with Crippen molar-refractivity contribution >= 4 is 0 Å². The fraction of sp³-hybridized carbons (Fsp3) is 0.600. The molecule has 1 saturated carbocycles. The van der Waals surface area contributed by atoms with Crippen LogP contribution in [0.2, 0.25) is 0 Å². The summed E-state index contributed by atoms with van der Waals surface area (Å²) in [4.78, 5) is 0. The van der Waals surface area contributed by atoms with E-state index in [-0.39, 0.29) is 11.0 Å². The van der Waals surface area contributed by atoms with Gasteiger partial charge in [0.05, 0.1) is 7.11 Å². The number of hydrogen-bond acceptors (Lipinski definition) is 2. The molecule has 0 amide bonds. The largest absolute Gasteiger partial charge is 0.497 e. The minimum Gasteiger partial charge on any atom is -0.497 e. The highest BCUT2D eigenvalue weighted by molar-refractivity contribution is 5.37. The normalized spacial score (nSPS) is 32.7. The maximum atomic E-state index is 5.34. The van der Waals surface area contributed by atoms with Crippen LogP contribution in [0, 0.1) is 0 Å². The Morgan fingerprint density at radius 2 is 2.00 bits per heavy atom. The highest BCUT2D eigenvalue weighted by Gasteiger charge is 2.48. The second-order valence-corrected chi connectivity index (χ2v) is 5.50. The SMILES string of the molecule is CNC1(C)CCCC1(C)c1cccc(OC)c1. The van der Waals surface area contributed by atoms with Gasteiger partial charge in [-0.2, -0.15) is 0 Å². The molecule has 1 aliphatic rings. The van der Waals surface area contributed by atoms with Crippen LogP contribution in [0.5, 0.6) is 5.75 Å². The van der Waals surface area contributed by atoms with Crippen molar-refractivity contribution in [2.75, 3.05) is 14.2 Å². The minimum atomic E-state index is 0.180. The molecule has 0 spiro atoms. The first-order valence-electron chi connectivity index (χ1n) is 6.39. The van der Waals surface area contributed by atoms with Crippen LogP contribution < -0.4 is 10.1 Å². The lowest BCUT2D eigenvalue weighted by Crippen LogP contribution is -2.52. The van der Waals surface area contributed by atoms with Gasteiger partial charge in [-0.15, -0.1) is 0 Å². The van der Waals surface area contributed by atoms with Crippen LogP contribution in [0.25, 0.3) is 0 Å². The lowest BCUT2D eigenvalue weighted by Gasteiger charge is -2.42. The monoisotopic (exact) mass is 233 g/mol. The van der Waals surface area contributed by atoms with Gasteiger partial charge in [-0.25, -0.2) is 0 Å². The molecule has 0 heterocycles. The molecule has 17 heavy (non-hydrogen) atoms. The van der Waals surface area contributed by atoms with E-state index >= 15 is 0 Å². The maximum Gasteiger partial charge on any atom is 0.119 e. The van der Waals surface area contributed by atoms with Gasteiger partial charge in [0.25, 0.3) is 0 Å². The summed E-state index contributed by atoms with van der Waals surface area (Å²) in [6, 6.07) is 8.51. The molecule has 2 unspecified atom stereocenters. The van der Waals surface area contributed by atoms with Gasteiger partial charge < -0.3 is 10.1 Å². The van der Waals surface area contributed by atoms with Crippen molar-refractivity contribution in [3.8, 4) is 5.75 Å². The number of rotatable bonds is 3. The Balaban J connectivity index is 2.43. The average molecular weight is 233 g/mol. The molecule has 0 aliphatic heterocycles. The summed E-state index contributed by atoms with van der Waals surface area (Å²) in [6.07, 6.45) is 3.75. The van der Waals surface area contributed by atoms with Gasteiger partial charge in [0.2, 0.25) is 0 Å². The zero-order valence-electron chi connectivity index (χ0n) is 11.3. The van der Waals surface area contributed by atoms with E-state index in [4.69, 9.17) is 4.74 Å². The van der Waals surface area contributed by atoms with Crippen LogP contribution in [0.15, 0.2) is 24.3 Å². The average Bonchev–Trinajstić information content (AvgIpc) is 2.68. The molecule has 0 bridgehead atoms. The number of ether oxygens (including phenoxy) is 1. The molecule has 94 valence electrons. The summed E-state index contributed by atoms with van der Waals surface area (Å²) >= 11 is 0. The number of hydrogen-bond donors (Lipinski definition) is 1. The van der Waals surface area contributed by atoms with Crippen molar-refractivity contribution in [3.63, 3.8) is 0 Å². The highest BCUT2D eigenvalue weighted by atomic mass is 16.5. The van der Waals surface area contributed by atoms with Crippen LogP contribution in [-0.4, -0.2) is 19.7 Å². The standard InChI is InChI=1S/C15H23NO/c1-14(9-6-10-15(14,2)16-3)12-7-5-8-13(11-12)17-4/h5,7-8,11,16H,6,9-10H2,1-4H3. The van der Waals surface area contributed by atoms with E-state index in [1.807, 2.05) is 6.07 Å². The summed E-state index contributed by atoms with van der Waals surface area (Å²) in [5.74, 6) is 0.953. The lowest BCUT2D eigenvalue weighted by molar-refractivity contribution is 0.254. The van der Waals surface area contributed by atoms with Crippen molar-refractivity contribution in [1.29, 1.82) is 0 Å². The molecule has 1 N–H and O–H groups in total. The molecule has 2 heteroatoms. The molecular weight excluding hydrogens is 210 g/mol. The number of nitrogens with one attached hydrogen (secondary N) is 1. The molecule has 0 aromatic heterocycles. The van der Waals surface area contributed by atoms with E-state index in [9.17, 15) is 0 Å². The fourth-order valence-corrected chi connectivity index (χ4v) is 3.18. The van der Waals surface area contributed by atoms with Crippen LogP contribution in [-0.2, 0) is 5.41 Å². The maximum absolute atomic E-state index is 5.34. The quantitative estimate of drug-likeness (QED) is 0.866. The van der Waals surface area contributed by atoms with Crippen LogP contribution in [0.3, 0.4) is 0 Å². The van der Waals surface area contributed by atoms with Crippen molar-refractivity contribution in [2.45, 2.75) is 44.1 Å². The first-order valence-corrected chi connectivity index (χ1v) is 6.39. The summed E-state index contributed by atoms with van der Waals surface area (Å²) in [5.41, 5.74) is 1.75. The van der Waals surface area contributed by atoms with Crippen molar-refractivity contribution < 1.29 is 4.74 Å². The zero-order valence-corrected chi connectivity index (χ0v) is 11.3. The van der Waals surface area contributed by atoms with Gasteiger partial charge in [-0.3, -0.25) is 0 Å². The fourth-order valence-electron chi connectivity index (χ4n) is 3.18. The van der Waals surface area contributed by atoms with Gasteiger partial charge in [-0.1, -0.05) is 25.5 Å². The molecular formula is C15H23NO. The Morgan fingerprint density at radius 1 is 1.24 bits per heavy atom.